The zero-order chi connectivity index (χ0) is 9.84. The molecule has 0 heterocycles. The largest absolute Gasteiger partial charge is 0.478 e. The molecule has 0 aliphatic rings. The van der Waals surface area contributed by atoms with E-state index in [4.69, 9.17) is 16.0 Å². The molecule has 0 radical (unpaired) electrons. The lowest BCUT2D eigenvalue weighted by molar-refractivity contribution is 0.0697. The van der Waals surface area contributed by atoms with Crippen LogP contribution in [0.1, 0.15) is 22.1 Å². The third kappa shape index (κ3) is 2.25. The molecule has 1 aromatic carbocycles. The lowest BCUT2D eigenvalue weighted by Gasteiger charge is -2.08. The Bertz CT molecular complexity index is 297. The minimum absolute atomic E-state index is 0.189. The summed E-state index contributed by atoms with van der Waals surface area (Å²) in [5.41, 5.74) is 8.08. The summed E-state index contributed by atoms with van der Waals surface area (Å²) in [6.45, 7) is 0. The number of nitrogens with two attached hydrogens (primary N) is 1. The molecule has 0 spiro atoms. The van der Waals surface area contributed by atoms with Crippen molar-refractivity contribution in [3.8, 4) is 0 Å². The topological polar surface area (TPSA) is 95.6 Å². The van der Waals surface area contributed by atoms with E-state index in [1.807, 2.05) is 5.48 Å². The smallest absolute Gasteiger partial charge is 0.335 e. The Hall–Kier alpha value is -1.43. The van der Waals surface area contributed by atoms with Crippen LogP contribution in [-0.2, 0) is 0 Å². The Morgan fingerprint density at radius 2 is 1.92 bits per heavy atom. The Labute approximate surface area is 74.8 Å². The van der Waals surface area contributed by atoms with Gasteiger partial charge in [0.1, 0.15) is 6.17 Å². The van der Waals surface area contributed by atoms with E-state index in [1.165, 1.54) is 24.3 Å². The van der Waals surface area contributed by atoms with E-state index in [2.05, 4.69) is 0 Å². The molecular weight excluding hydrogens is 172 g/mol. The van der Waals surface area contributed by atoms with Crippen molar-refractivity contribution in [2.24, 2.45) is 5.73 Å². The molecule has 0 bridgehead atoms. The van der Waals surface area contributed by atoms with Crippen LogP contribution in [0.5, 0.6) is 0 Å². The number of benzene rings is 1. The zero-order valence-electron chi connectivity index (χ0n) is 6.77. The third-order valence-electron chi connectivity index (χ3n) is 1.66. The van der Waals surface area contributed by atoms with Crippen LogP contribution in [0.2, 0.25) is 0 Å². The summed E-state index contributed by atoms with van der Waals surface area (Å²) in [4.78, 5) is 10.5. The fourth-order valence-electron chi connectivity index (χ4n) is 0.908. The van der Waals surface area contributed by atoms with Gasteiger partial charge in [-0.25, -0.2) is 4.79 Å². The number of carboxylic acids is 1. The number of aromatic carboxylic acids is 1. The number of hydrogen-bond acceptors (Lipinski definition) is 4. The SMILES string of the molecule is NC(NO)c1ccc(C(=O)O)cc1. The highest BCUT2D eigenvalue weighted by atomic mass is 16.5. The van der Waals surface area contributed by atoms with E-state index in [0.29, 0.717) is 5.56 Å². The molecule has 1 rings (SSSR count). The van der Waals surface area contributed by atoms with Gasteiger partial charge in [0.15, 0.2) is 0 Å². The average molecular weight is 182 g/mol. The molecule has 1 aromatic rings. The maximum Gasteiger partial charge on any atom is 0.335 e. The predicted octanol–water partition coefficient (Wildman–Crippen LogP) is 0.321. The lowest BCUT2D eigenvalue weighted by Crippen LogP contribution is -2.25. The molecule has 0 aliphatic heterocycles. The van der Waals surface area contributed by atoms with Crippen LogP contribution in [0.4, 0.5) is 0 Å². The average Bonchev–Trinajstić information content (AvgIpc) is 2.17. The van der Waals surface area contributed by atoms with E-state index in [1.54, 1.807) is 0 Å². The minimum Gasteiger partial charge on any atom is -0.478 e. The normalized spacial score (nSPS) is 12.5. The van der Waals surface area contributed by atoms with E-state index in [0.717, 1.165) is 0 Å². The van der Waals surface area contributed by atoms with Crippen molar-refractivity contribution >= 4 is 5.97 Å². The molecule has 1 atom stereocenters. The first kappa shape index (κ1) is 9.66. The monoisotopic (exact) mass is 182 g/mol. The predicted molar refractivity (Wildman–Crippen MR) is 45.3 cm³/mol. The van der Waals surface area contributed by atoms with E-state index in [9.17, 15) is 4.79 Å². The molecule has 0 fully saturated rings. The van der Waals surface area contributed by atoms with E-state index < -0.39 is 12.1 Å². The number of hydrogen-bond donors (Lipinski definition) is 4. The van der Waals surface area contributed by atoms with Crippen LogP contribution in [0.25, 0.3) is 0 Å². The number of nitrogens with one attached hydrogen (secondary N) is 1. The Kier molecular flexibility index (Phi) is 2.97. The molecular formula is C8H10N2O3. The first-order valence-electron chi connectivity index (χ1n) is 3.63. The van der Waals surface area contributed by atoms with Crippen molar-refractivity contribution in [2.75, 3.05) is 0 Å². The second-order valence-electron chi connectivity index (χ2n) is 2.53. The minimum atomic E-state index is -0.989. The standard InChI is InChI=1S/C8H10N2O3/c9-7(10-13)5-1-3-6(4-2-5)8(11)12/h1-4,7,10,13H,9H2,(H,11,12). The van der Waals surface area contributed by atoms with Gasteiger partial charge in [0.05, 0.1) is 5.56 Å². The highest BCUT2D eigenvalue weighted by Gasteiger charge is 2.05. The Morgan fingerprint density at radius 3 is 2.31 bits per heavy atom. The molecule has 0 aliphatic carbocycles. The Morgan fingerprint density at radius 1 is 1.38 bits per heavy atom. The van der Waals surface area contributed by atoms with Crippen LogP contribution >= 0.6 is 0 Å². The molecule has 70 valence electrons. The summed E-state index contributed by atoms with van der Waals surface area (Å²) in [7, 11) is 0. The van der Waals surface area contributed by atoms with Crippen molar-refractivity contribution < 1.29 is 15.1 Å². The molecule has 0 aromatic heterocycles. The van der Waals surface area contributed by atoms with Crippen LogP contribution in [0.3, 0.4) is 0 Å². The first-order chi connectivity index (χ1) is 6.15. The second kappa shape index (κ2) is 3.99. The van der Waals surface area contributed by atoms with Gasteiger partial charge in [0, 0.05) is 0 Å². The molecule has 0 saturated carbocycles. The summed E-state index contributed by atoms with van der Waals surface area (Å²) in [6.07, 6.45) is -0.692. The highest BCUT2D eigenvalue weighted by molar-refractivity contribution is 5.87. The van der Waals surface area contributed by atoms with E-state index in [-0.39, 0.29) is 5.56 Å². The summed E-state index contributed by atoms with van der Waals surface area (Å²) < 4.78 is 0. The van der Waals surface area contributed by atoms with Crippen LogP contribution < -0.4 is 11.2 Å². The summed E-state index contributed by atoms with van der Waals surface area (Å²) >= 11 is 0. The first-order valence-corrected chi connectivity index (χ1v) is 3.63. The third-order valence-corrected chi connectivity index (χ3v) is 1.66. The van der Waals surface area contributed by atoms with Crippen LogP contribution in [-0.4, -0.2) is 16.3 Å². The van der Waals surface area contributed by atoms with Crippen LogP contribution in [0, 0.1) is 0 Å². The molecule has 5 heteroatoms. The van der Waals surface area contributed by atoms with Crippen molar-refractivity contribution in [3.05, 3.63) is 35.4 Å². The molecule has 0 amide bonds. The van der Waals surface area contributed by atoms with Crippen molar-refractivity contribution in [1.29, 1.82) is 0 Å². The summed E-state index contributed by atoms with van der Waals surface area (Å²) in [5, 5.41) is 17.1. The number of carbonyl (C=O) groups is 1. The van der Waals surface area contributed by atoms with Gasteiger partial charge in [0.25, 0.3) is 0 Å². The van der Waals surface area contributed by atoms with Crippen molar-refractivity contribution in [1.82, 2.24) is 5.48 Å². The molecule has 5 nitrogen and oxygen atoms in total. The number of carboxylic acid groups (broad SMARTS) is 1. The number of hydroxylamine groups is 1. The van der Waals surface area contributed by atoms with Crippen molar-refractivity contribution in [3.63, 3.8) is 0 Å². The highest BCUT2D eigenvalue weighted by Crippen LogP contribution is 2.08. The Balaban J connectivity index is 2.87. The van der Waals surface area contributed by atoms with Gasteiger partial charge in [-0.1, -0.05) is 12.1 Å². The lowest BCUT2D eigenvalue weighted by atomic mass is 10.1. The quantitative estimate of drug-likeness (QED) is 0.399. The fraction of sp³-hybridized carbons (Fsp3) is 0.125. The molecule has 13 heavy (non-hydrogen) atoms. The summed E-state index contributed by atoms with van der Waals surface area (Å²) in [5.74, 6) is -0.989. The van der Waals surface area contributed by atoms with Gasteiger partial charge in [-0.05, 0) is 17.7 Å². The number of rotatable bonds is 3. The zero-order valence-corrected chi connectivity index (χ0v) is 6.77. The molecule has 5 N–H and O–H groups in total. The summed E-state index contributed by atoms with van der Waals surface area (Å²) in [6, 6.07) is 5.93. The second-order valence-corrected chi connectivity index (χ2v) is 2.53. The molecule has 1 unspecified atom stereocenters. The molecule has 0 saturated heterocycles. The van der Waals surface area contributed by atoms with Gasteiger partial charge < -0.3 is 16.0 Å². The van der Waals surface area contributed by atoms with Gasteiger partial charge >= 0.3 is 5.97 Å². The van der Waals surface area contributed by atoms with E-state index >= 15 is 0 Å². The van der Waals surface area contributed by atoms with Crippen molar-refractivity contribution in [2.45, 2.75) is 6.17 Å². The fourth-order valence-corrected chi connectivity index (χ4v) is 0.908. The van der Waals surface area contributed by atoms with Gasteiger partial charge in [-0.3, -0.25) is 0 Å². The van der Waals surface area contributed by atoms with Gasteiger partial charge in [-0.15, -0.1) is 0 Å². The van der Waals surface area contributed by atoms with Gasteiger partial charge in [-0.2, -0.15) is 5.48 Å². The maximum absolute atomic E-state index is 10.5. The van der Waals surface area contributed by atoms with Crippen LogP contribution in [0.15, 0.2) is 24.3 Å². The maximum atomic E-state index is 10.5. The van der Waals surface area contributed by atoms with Gasteiger partial charge in [0.2, 0.25) is 0 Å².